The summed E-state index contributed by atoms with van der Waals surface area (Å²) in [6.07, 6.45) is 1.49. The van der Waals surface area contributed by atoms with E-state index in [9.17, 15) is 9.59 Å². The van der Waals surface area contributed by atoms with Crippen molar-refractivity contribution < 1.29 is 14.3 Å². The number of carbonyl (C=O) groups is 2. The normalized spacial score (nSPS) is 12.1. The molecule has 6 nitrogen and oxygen atoms in total. The molecule has 2 aromatic rings. The van der Waals surface area contributed by atoms with Crippen molar-refractivity contribution in [3.63, 3.8) is 0 Å². The number of Topliss-reactive ketones (excluding diaryl/α,β-unsaturated/α-hetero) is 1. The van der Waals surface area contributed by atoms with Crippen LogP contribution in [0.5, 0.6) is 5.75 Å². The molecule has 6 heteroatoms. The summed E-state index contributed by atoms with van der Waals surface area (Å²) in [6.45, 7) is 6.43. The standard InChI is InChI=1S/C21H25N3O3/c1-14(2)13-27-19-10-8-17(9-11-19)20(25)15(3)24-21(26)18-6-4-16(5-7-18)12-23-22/h4-12,14-15H,13,22H2,1-3H3,(H,24,26)/t15-/m0/s1. The third-order valence-corrected chi connectivity index (χ3v) is 3.86. The summed E-state index contributed by atoms with van der Waals surface area (Å²) >= 11 is 0. The van der Waals surface area contributed by atoms with Crippen LogP contribution in [0.4, 0.5) is 0 Å². The third-order valence-electron chi connectivity index (χ3n) is 3.86. The van der Waals surface area contributed by atoms with Gasteiger partial charge in [0.25, 0.3) is 5.91 Å². The Morgan fingerprint density at radius 3 is 2.19 bits per heavy atom. The number of rotatable bonds is 8. The van der Waals surface area contributed by atoms with Gasteiger partial charge in [0.2, 0.25) is 0 Å². The van der Waals surface area contributed by atoms with Crippen molar-refractivity contribution in [2.24, 2.45) is 16.9 Å². The molecule has 0 aliphatic rings. The Labute approximate surface area is 159 Å². The quantitative estimate of drug-likeness (QED) is 0.325. The molecule has 3 N–H and O–H groups in total. The molecule has 0 fully saturated rings. The van der Waals surface area contributed by atoms with Crippen molar-refractivity contribution in [1.29, 1.82) is 0 Å². The largest absolute Gasteiger partial charge is 0.493 e. The van der Waals surface area contributed by atoms with E-state index in [2.05, 4.69) is 24.3 Å². The second-order valence-electron chi connectivity index (χ2n) is 6.69. The average molecular weight is 367 g/mol. The van der Waals surface area contributed by atoms with E-state index in [0.717, 1.165) is 11.3 Å². The van der Waals surface area contributed by atoms with E-state index in [1.807, 2.05) is 0 Å². The number of ketones is 1. The number of nitrogens with one attached hydrogen (secondary N) is 1. The first-order valence-corrected chi connectivity index (χ1v) is 8.82. The maximum atomic E-state index is 12.5. The summed E-state index contributed by atoms with van der Waals surface area (Å²) in [7, 11) is 0. The lowest BCUT2D eigenvalue weighted by Gasteiger charge is -2.14. The summed E-state index contributed by atoms with van der Waals surface area (Å²) in [5, 5.41) is 6.16. The second kappa shape index (κ2) is 9.52. The van der Waals surface area contributed by atoms with Gasteiger partial charge in [-0.05, 0) is 54.8 Å². The van der Waals surface area contributed by atoms with E-state index >= 15 is 0 Å². The number of ether oxygens (including phenoxy) is 1. The van der Waals surface area contributed by atoms with Gasteiger partial charge in [0.05, 0.1) is 18.9 Å². The van der Waals surface area contributed by atoms with Crippen molar-refractivity contribution >= 4 is 17.9 Å². The summed E-state index contributed by atoms with van der Waals surface area (Å²) in [6, 6.07) is 13.1. The van der Waals surface area contributed by atoms with Crippen LogP contribution in [0.15, 0.2) is 53.6 Å². The fraction of sp³-hybridized carbons (Fsp3) is 0.286. The predicted octanol–water partition coefficient (Wildman–Crippen LogP) is 3.02. The van der Waals surface area contributed by atoms with Crippen LogP contribution in [-0.4, -0.2) is 30.6 Å². The van der Waals surface area contributed by atoms with Gasteiger partial charge in [0.1, 0.15) is 5.75 Å². The minimum atomic E-state index is -0.648. The number of carbonyl (C=O) groups excluding carboxylic acids is 2. The topological polar surface area (TPSA) is 93.8 Å². The Bertz CT molecular complexity index is 796. The molecule has 0 spiro atoms. The highest BCUT2D eigenvalue weighted by molar-refractivity contribution is 6.04. The van der Waals surface area contributed by atoms with E-state index in [0.29, 0.717) is 23.7 Å². The van der Waals surface area contributed by atoms with Crippen molar-refractivity contribution in [2.75, 3.05) is 6.61 Å². The highest BCUT2D eigenvalue weighted by Gasteiger charge is 2.18. The third kappa shape index (κ3) is 5.95. The molecule has 2 aromatic carbocycles. The van der Waals surface area contributed by atoms with Crippen LogP contribution < -0.4 is 15.9 Å². The van der Waals surface area contributed by atoms with Gasteiger partial charge in [-0.25, -0.2) is 0 Å². The van der Waals surface area contributed by atoms with Crippen molar-refractivity contribution in [2.45, 2.75) is 26.8 Å². The second-order valence-corrected chi connectivity index (χ2v) is 6.69. The van der Waals surface area contributed by atoms with Crippen molar-refractivity contribution in [3.05, 3.63) is 65.2 Å². The van der Waals surface area contributed by atoms with E-state index < -0.39 is 6.04 Å². The van der Waals surface area contributed by atoms with Crippen LogP contribution in [0.2, 0.25) is 0 Å². The van der Waals surface area contributed by atoms with Crippen LogP contribution in [0.25, 0.3) is 0 Å². The van der Waals surface area contributed by atoms with Crippen LogP contribution in [0, 0.1) is 5.92 Å². The van der Waals surface area contributed by atoms with Gasteiger partial charge in [-0.15, -0.1) is 0 Å². The molecule has 0 aromatic heterocycles. The van der Waals surface area contributed by atoms with Crippen LogP contribution in [-0.2, 0) is 0 Å². The molecule has 1 atom stereocenters. The Hall–Kier alpha value is -3.15. The Morgan fingerprint density at radius 1 is 1.04 bits per heavy atom. The number of benzene rings is 2. The molecular weight excluding hydrogens is 342 g/mol. The first kappa shape index (κ1) is 20.2. The van der Waals surface area contributed by atoms with E-state index in [1.54, 1.807) is 55.5 Å². The number of nitrogens with two attached hydrogens (primary N) is 1. The van der Waals surface area contributed by atoms with Crippen LogP contribution in [0.3, 0.4) is 0 Å². The molecule has 2 rings (SSSR count). The zero-order valence-electron chi connectivity index (χ0n) is 15.8. The molecule has 0 unspecified atom stereocenters. The smallest absolute Gasteiger partial charge is 0.251 e. The van der Waals surface area contributed by atoms with Gasteiger partial charge < -0.3 is 15.9 Å². The number of hydrogen-bond donors (Lipinski definition) is 2. The molecule has 0 aliphatic carbocycles. The lowest BCUT2D eigenvalue weighted by Crippen LogP contribution is -2.38. The molecule has 1 amide bonds. The fourth-order valence-electron chi connectivity index (χ4n) is 2.38. The number of nitrogens with zero attached hydrogens (tertiary/aromatic N) is 1. The molecule has 142 valence electrons. The minimum absolute atomic E-state index is 0.161. The minimum Gasteiger partial charge on any atom is -0.493 e. The van der Waals surface area contributed by atoms with Gasteiger partial charge >= 0.3 is 0 Å². The van der Waals surface area contributed by atoms with Gasteiger partial charge in [-0.1, -0.05) is 26.0 Å². The zero-order chi connectivity index (χ0) is 19.8. The summed E-state index contributed by atoms with van der Waals surface area (Å²) in [5.41, 5.74) is 1.77. The average Bonchev–Trinajstić information content (AvgIpc) is 2.67. The number of hydrazone groups is 1. The van der Waals surface area contributed by atoms with Crippen molar-refractivity contribution in [1.82, 2.24) is 5.32 Å². The summed E-state index contributed by atoms with van der Waals surface area (Å²) in [4.78, 5) is 24.9. The Kier molecular flexibility index (Phi) is 7.11. The highest BCUT2D eigenvalue weighted by Crippen LogP contribution is 2.15. The predicted molar refractivity (Wildman–Crippen MR) is 106 cm³/mol. The molecular formula is C21H25N3O3. The maximum Gasteiger partial charge on any atom is 0.251 e. The van der Waals surface area contributed by atoms with E-state index in [1.165, 1.54) is 6.21 Å². The zero-order valence-corrected chi connectivity index (χ0v) is 15.8. The number of hydrogen-bond acceptors (Lipinski definition) is 5. The molecule has 0 bridgehead atoms. The summed E-state index contributed by atoms with van der Waals surface area (Å²) in [5.74, 6) is 5.77. The van der Waals surface area contributed by atoms with Gasteiger partial charge in [-0.2, -0.15) is 5.10 Å². The van der Waals surface area contributed by atoms with Crippen LogP contribution >= 0.6 is 0 Å². The lowest BCUT2D eigenvalue weighted by atomic mass is 10.0. The first-order chi connectivity index (χ1) is 12.9. The van der Waals surface area contributed by atoms with Crippen molar-refractivity contribution in [3.8, 4) is 5.75 Å². The maximum absolute atomic E-state index is 12.5. The Morgan fingerprint density at radius 2 is 1.63 bits per heavy atom. The van der Waals surface area contributed by atoms with E-state index in [4.69, 9.17) is 10.6 Å². The van der Waals surface area contributed by atoms with Gasteiger partial charge in [0.15, 0.2) is 5.78 Å². The first-order valence-electron chi connectivity index (χ1n) is 8.82. The van der Waals surface area contributed by atoms with Crippen LogP contribution in [0.1, 0.15) is 47.1 Å². The molecule has 0 saturated heterocycles. The fourth-order valence-corrected chi connectivity index (χ4v) is 2.38. The summed E-state index contributed by atoms with van der Waals surface area (Å²) < 4.78 is 5.61. The molecule has 0 saturated carbocycles. The molecule has 0 heterocycles. The molecule has 27 heavy (non-hydrogen) atoms. The molecule has 0 radical (unpaired) electrons. The van der Waals surface area contributed by atoms with Gasteiger partial charge in [0, 0.05) is 11.1 Å². The lowest BCUT2D eigenvalue weighted by molar-refractivity contribution is 0.0865. The van der Waals surface area contributed by atoms with Gasteiger partial charge in [-0.3, -0.25) is 9.59 Å². The number of amides is 1. The molecule has 0 aliphatic heterocycles. The Balaban J connectivity index is 1.96. The van der Waals surface area contributed by atoms with E-state index in [-0.39, 0.29) is 11.7 Å². The monoisotopic (exact) mass is 367 g/mol. The highest BCUT2D eigenvalue weighted by atomic mass is 16.5. The SMILES string of the molecule is CC(C)COc1ccc(C(=O)[C@H](C)NC(=O)c2ccc(C=NN)cc2)cc1.